The van der Waals surface area contributed by atoms with Crippen LogP contribution in [0.25, 0.3) is 0 Å². The Balaban J connectivity index is 1.82. The van der Waals surface area contributed by atoms with Gasteiger partial charge in [0, 0.05) is 35.5 Å². The van der Waals surface area contributed by atoms with Crippen LogP contribution in [0.1, 0.15) is 63.5 Å². The second-order valence-corrected chi connectivity index (χ2v) is 10.6. The van der Waals surface area contributed by atoms with Crippen molar-refractivity contribution in [1.82, 2.24) is 0 Å². The fraction of sp³-hybridized carbons (Fsp3) is 0.538. The van der Waals surface area contributed by atoms with E-state index in [1.807, 2.05) is 36.4 Å². The van der Waals surface area contributed by atoms with E-state index in [2.05, 4.69) is 38.1 Å². The molecule has 0 radical (unpaired) electrons. The van der Waals surface area contributed by atoms with Crippen molar-refractivity contribution in [2.24, 2.45) is 0 Å². The summed E-state index contributed by atoms with van der Waals surface area (Å²) >= 11 is 0. The van der Waals surface area contributed by atoms with Gasteiger partial charge in [-0.3, -0.25) is 4.21 Å². The highest BCUT2D eigenvalue weighted by molar-refractivity contribution is 7.84. The minimum Gasteiger partial charge on any atom is -0.396 e. The molecule has 2 rings (SSSR count). The first-order chi connectivity index (χ1) is 14.4. The minimum atomic E-state index is -0.835. The largest absolute Gasteiger partial charge is 0.396 e. The van der Waals surface area contributed by atoms with Crippen LogP contribution in [-0.4, -0.2) is 39.1 Å². The lowest BCUT2D eigenvalue weighted by Gasteiger charge is -2.30. The molecular formula is C26H38O3S. The van der Waals surface area contributed by atoms with Crippen LogP contribution < -0.4 is 0 Å². The first-order valence-electron chi connectivity index (χ1n) is 11.1. The smallest absolute Gasteiger partial charge is 0.0439 e. The summed E-state index contributed by atoms with van der Waals surface area (Å²) in [7, 11) is -0.835. The van der Waals surface area contributed by atoms with Gasteiger partial charge in [-0.2, -0.15) is 0 Å². The summed E-state index contributed by atoms with van der Waals surface area (Å²) < 4.78 is 12.6. The summed E-state index contributed by atoms with van der Waals surface area (Å²) in [4.78, 5) is 0. The van der Waals surface area contributed by atoms with Crippen molar-refractivity contribution < 1.29 is 14.4 Å². The molecule has 0 aromatic heterocycles. The second kappa shape index (κ2) is 12.4. The van der Waals surface area contributed by atoms with E-state index in [-0.39, 0.29) is 24.0 Å². The van der Waals surface area contributed by atoms with E-state index in [4.69, 9.17) is 0 Å². The van der Waals surface area contributed by atoms with E-state index in [9.17, 15) is 14.4 Å². The Morgan fingerprint density at radius 3 is 1.37 bits per heavy atom. The maximum absolute atomic E-state index is 12.6. The van der Waals surface area contributed by atoms with Gasteiger partial charge in [0.1, 0.15) is 0 Å². The Kier molecular flexibility index (Phi) is 10.2. The summed E-state index contributed by atoms with van der Waals surface area (Å²) in [5.41, 5.74) is 2.33. The Morgan fingerprint density at radius 2 is 1.03 bits per heavy atom. The third-order valence-electron chi connectivity index (χ3n) is 6.47. The molecule has 30 heavy (non-hydrogen) atoms. The highest BCUT2D eigenvalue weighted by atomic mass is 32.2. The molecule has 0 fully saturated rings. The molecule has 0 aliphatic carbocycles. The second-order valence-electron chi connectivity index (χ2n) is 8.86. The monoisotopic (exact) mass is 430 g/mol. The Bertz CT molecular complexity index is 686. The zero-order valence-electron chi connectivity index (χ0n) is 18.6. The summed E-state index contributed by atoms with van der Waals surface area (Å²) in [5.74, 6) is 1.41. The van der Waals surface area contributed by atoms with Gasteiger partial charge in [0.15, 0.2) is 0 Å². The van der Waals surface area contributed by atoms with Crippen LogP contribution in [0.3, 0.4) is 0 Å². The van der Waals surface area contributed by atoms with Gasteiger partial charge in [0.25, 0.3) is 0 Å². The fourth-order valence-electron chi connectivity index (χ4n) is 4.35. The average Bonchev–Trinajstić information content (AvgIpc) is 2.75. The Labute approximate surface area is 185 Å². The molecule has 0 bridgehead atoms. The minimum absolute atomic E-state index is 0.0762. The molecule has 0 spiro atoms. The number of rotatable bonds is 14. The van der Waals surface area contributed by atoms with E-state index in [0.717, 1.165) is 38.5 Å². The fourth-order valence-corrected chi connectivity index (χ4v) is 5.49. The lowest BCUT2D eigenvalue weighted by molar-refractivity contribution is 0.237. The van der Waals surface area contributed by atoms with Gasteiger partial charge in [-0.05, 0) is 60.5 Å². The van der Waals surface area contributed by atoms with Gasteiger partial charge < -0.3 is 10.2 Å². The molecule has 0 aliphatic heterocycles. The summed E-state index contributed by atoms with van der Waals surface area (Å²) in [6.07, 6.45) is 5.08. The molecule has 0 saturated carbocycles. The lowest BCUT2D eigenvalue weighted by Crippen LogP contribution is -2.25. The van der Waals surface area contributed by atoms with Crippen LogP contribution in [-0.2, 0) is 21.6 Å². The maximum Gasteiger partial charge on any atom is 0.0439 e. The molecular weight excluding hydrogens is 392 g/mol. The maximum atomic E-state index is 12.6. The van der Waals surface area contributed by atoms with Crippen molar-refractivity contribution in [2.45, 2.75) is 63.2 Å². The highest BCUT2D eigenvalue weighted by Gasteiger charge is 2.27. The van der Waals surface area contributed by atoms with Gasteiger partial charge >= 0.3 is 0 Å². The van der Waals surface area contributed by atoms with E-state index in [0.29, 0.717) is 11.5 Å². The van der Waals surface area contributed by atoms with Crippen molar-refractivity contribution in [3.63, 3.8) is 0 Å². The average molecular weight is 431 g/mol. The van der Waals surface area contributed by atoms with Crippen molar-refractivity contribution in [2.75, 3.05) is 24.7 Å². The quantitative estimate of drug-likeness (QED) is 0.445. The number of hydrogen-bond acceptors (Lipinski definition) is 3. The predicted molar refractivity (Wildman–Crippen MR) is 127 cm³/mol. The predicted octanol–water partition coefficient (Wildman–Crippen LogP) is 4.98. The van der Waals surface area contributed by atoms with E-state index < -0.39 is 10.8 Å². The lowest BCUT2D eigenvalue weighted by atomic mass is 9.76. The van der Waals surface area contributed by atoms with Crippen LogP contribution >= 0.6 is 0 Å². The molecule has 2 N–H and O–H groups in total. The first kappa shape index (κ1) is 24.8. The SMILES string of the molecule is CC(CCO)(CCCS(=O)CCCC(C)(CCO)c1ccccc1)c1ccccc1. The van der Waals surface area contributed by atoms with E-state index in [1.165, 1.54) is 11.1 Å². The summed E-state index contributed by atoms with van der Waals surface area (Å²) in [6.45, 7) is 4.72. The van der Waals surface area contributed by atoms with Crippen molar-refractivity contribution >= 4 is 10.8 Å². The van der Waals surface area contributed by atoms with Gasteiger partial charge in [-0.1, -0.05) is 74.5 Å². The zero-order valence-corrected chi connectivity index (χ0v) is 19.4. The molecule has 2 unspecified atom stereocenters. The van der Waals surface area contributed by atoms with Gasteiger partial charge in [-0.25, -0.2) is 0 Å². The van der Waals surface area contributed by atoms with Crippen LogP contribution in [0.5, 0.6) is 0 Å². The molecule has 4 heteroatoms. The molecule has 3 nitrogen and oxygen atoms in total. The zero-order chi connectivity index (χ0) is 21.9. The third kappa shape index (κ3) is 7.33. The van der Waals surface area contributed by atoms with Crippen LogP contribution in [0.2, 0.25) is 0 Å². The van der Waals surface area contributed by atoms with Crippen molar-refractivity contribution in [1.29, 1.82) is 0 Å². The topological polar surface area (TPSA) is 57.5 Å². The van der Waals surface area contributed by atoms with Crippen molar-refractivity contribution in [3.8, 4) is 0 Å². The molecule has 0 saturated heterocycles. The molecule has 0 amide bonds. The standard InChI is InChI=1S/C26H38O3S/c1-25(17-19-27,23-11-5-3-6-12-23)15-9-21-30(29)22-10-16-26(2,18-20-28)24-13-7-4-8-14-24/h3-8,11-14,27-28H,9-10,15-22H2,1-2H3. The van der Waals surface area contributed by atoms with Gasteiger partial charge in [0.05, 0.1) is 0 Å². The summed E-state index contributed by atoms with van der Waals surface area (Å²) in [5, 5.41) is 19.0. The number of benzene rings is 2. The molecule has 166 valence electrons. The van der Waals surface area contributed by atoms with Crippen molar-refractivity contribution in [3.05, 3.63) is 71.8 Å². The molecule has 2 atom stereocenters. The normalized spacial score (nSPS) is 16.5. The number of aliphatic hydroxyl groups is 2. The first-order valence-corrected chi connectivity index (χ1v) is 12.6. The third-order valence-corrected chi connectivity index (χ3v) is 7.96. The Morgan fingerprint density at radius 1 is 0.667 bits per heavy atom. The molecule has 2 aromatic rings. The van der Waals surface area contributed by atoms with E-state index in [1.54, 1.807) is 0 Å². The molecule has 2 aromatic carbocycles. The van der Waals surface area contributed by atoms with Crippen LogP contribution in [0, 0.1) is 0 Å². The Hall–Kier alpha value is -1.49. The summed E-state index contributed by atoms with van der Waals surface area (Å²) in [6, 6.07) is 20.7. The molecule has 0 aliphatic rings. The van der Waals surface area contributed by atoms with Crippen LogP contribution in [0.4, 0.5) is 0 Å². The molecule has 0 heterocycles. The van der Waals surface area contributed by atoms with Gasteiger partial charge in [0.2, 0.25) is 0 Å². The number of hydrogen-bond donors (Lipinski definition) is 2. The van der Waals surface area contributed by atoms with Crippen LogP contribution in [0.15, 0.2) is 60.7 Å². The van der Waals surface area contributed by atoms with E-state index >= 15 is 0 Å². The van der Waals surface area contributed by atoms with Gasteiger partial charge in [-0.15, -0.1) is 0 Å². The number of aliphatic hydroxyl groups excluding tert-OH is 2. The highest BCUT2D eigenvalue weighted by Crippen LogP contribution is 2.33.